The predicted octanol–water partition coefficient (Wildman–Crippen LogP) is 3.02. The van der Waals surface area contributed by atoms with Gasteiger partial charge in [0.25, 0.3) is 5.91 Å². The Balaban J connectivity index is 0.00000625. The molecule has 0 aliphatic rings. The number of unbranched alkanes of at least 4 members (excludes halogenated alkanes) is 1. The van der Waals surface area contributed by atoms with Crippen molar-refractivity contribution in [1.29, 1.82) is 0 Å². The molecule has 1 rings (SSSR count). The lowest BCUT2D eigenvalue weighted by Gasteiger charge is -2.21. The van der Waals surface area contributed by atoms with E-state index in [2.05, 4.69) is 36.4 Å². The van der Waals surface area contributed by atoms with E-state index in [0.29, 0.717) is 18.8 Å². The molecular weight excluding hydrogens is 443 g/mol. The zero-order valence-corrected chi connectivity index (χ0v) is 18.7. The molecule has 0 saturated heterocycles. The summed E-state index contributed by atoms with van der Waals surface area (Å²) < 4.78 is 5.53. The smallest absolute Gasteiger partial charge is 0.257 e. The molecule has 0 fully saturated rings. The molecule has 0 atom stereocenters. The van der Waals surface area contributed by atoms with E-state index in [9.17, 15) is 4.79 Å². The summed E-state index contributed by atoms with van der Waals surface area (Å²) in [6, 6.07) is 7.72. The van der Waals surface area contributed by atoms with Gasteiger partial charge in [-0.2, -0.15) is 0 Å². The highest BCUT2D eigenvalue weighted by molar-refractivity contribution is 14.0. The van der Waals surface area contributed by atoms with E-state index in [-0.39, 0.29) is 36.5 Å². The van der Waals surface area contributed by atoms with Crippen LogP contribution in [0.5, 0.6) is 5.75 Å². The normalized spacial score (nSPS) is 10.7. The summed E-state index contributed by atoms with van der Waals surface area (Å²) in [5, 5.41) is 6.04. The molecule has 0 saturated carbocycles. The molecule has 0 aromatic heterocycles. The van der Waals surface area contributed by atoms with Crippen LogP contribution in [-0.4, -0.2) is 50.1 Å². The molecule has 0 heterocycles. The number of aliphatic imine (C=N–C) groups is 1. The third-order valence-corrected chi connectivity index (χ3v) is 3.60. The van der Waals surface area contributed by atoms with Crippen molar-refractivity contribution in [2.75, 3.05) is 33.3 Å². The number of rotatable bonds is 10. The lowest BCUT2D eigenvalue weighted by molar-refractivity contribution is -0.122. The Morgan fingerprint density at radius 2 is 1.92 bits per heavy atom. The van der Waals surface area contributed by atoms with Crippen molar-refractivity contribution < 1.29 is 9.53 Å². The molecule has 1 aromatic rings. The number of guanidine groups is 1. The van der Waals surface area contributed by atoms with Gasteiger partial charge in [0.2, 0.25) is 0 Å². The maximum absolute atomic E-state index is 11.5. The van der Waals surface area contributed by atoms with Gasteiger partial charge in [0.05, 0.1) is 6.54 Å². The number of benzene rings is 1. The minimum atomic E-state index is -0.113. The van der Waals surface area contributed by atoms with Crippen LogP contribution in [0.1, 0.15) is 39.2 Å². The summed E-state index contributed by atoms with van der Waals surface area (Å²) in [7, 11) is 2.06. The molecule has 0 radical (unpaired) electrons. The summed E-state index contributed by atoms with van der Waals surface area (Å²) in [5.74, 6) is 1.48. The van der Waals surface area contributed by atoms with Gasteiger partial charge in [0.1, 0.15) is 5.75 Å². The van der Waals surface area contributed by atoms with Gasteiger partial charge in [0.15, 0.2) is 12.6 Å². The summed E-state index contributed by atoms with van der Waals surface area (Å²) in [5.41, 5.74) is 1.05. The Bertz CT molecular complexity index is 552. The highest BCUT2D eigenvalue weighted by Gasteiger charge is 2.05. The van der Waals surface area contributed by atoms with Gasteiger partial charge in [-0.15, -0.1) is 24.0 Å². The largest absolute Gasteiger partial charge is 0.484 e. The molecule has 0 aliphatic heterocycles. The van der Waals surface area contributed by atoms with Crippen LogP contribution >= 0.6 is 24.0 Å². The van der Waals surface area contributed by atoms with Crippen molar-refractivity contribution in [1.82, 2.24) is 15.5 Å². The standard InChI is InChI=1S/C19H32N4O2.HI/c1-5-8-12-23(4)19(21-7-3)22-14-16-10-9-11-17(13-16)25-15-18(24)20-6-2;/h9-11,13H,5-8,12,14-15H2,1-4H3,(H,20,24)(H,21,22);1H. The Hall–Kier alpha value is -1.51. The number of halogens is 1. The Morgan fingerprint density at radius 1 is 1.19 bits per heavy atom. The van der Waals surface area contributed by atoms with E-state index < -0.39 is 0 Å². The number of hydrogen-bond donors (Lipinski definition) is 2. The first kappa shape index (κ1) is 24.5. The lowest BCUT2D eigenvalue weighted by Crippen LogP contribution is -2.39. The Kier molecular flexibility index (Phi) is 13.8. The maximum Gasteiger partial charge on any atom is 0.257 e. The molecule has 7 heteroatoms. The third-order valence-electron chi connectivity index (χ3n) is 3.60. The average Bonchev–Trinajstić information content (AvgIpc) is 2.62. The molecule has 1 aromatic carbocycles. The molecule has 0 aliphatic carbocycles. The second-order valence-electron chi connectivity index (χ2n) is 5.83. The number of ether oxygens (including phenoxy) is 1. The van der Waals surface area contributed by atoms with Gasteiger partial charge in [0, 0.05) is 26.7 Å². The molecule has 0 bridgehead atoms. The Morgan fingerprint density at radius 3 is 2.58 bits per heavy atom. The van der Waals surface area contributed by atoms with Crippen LogP contribution in [0.2, 0.25) is 0 Å². The highest BCUT2D eigenvalue weighted by Crippen LogP contribution is 2.14. The zero-order chi connectivity index (χ0) is 18.5. The van der Waals surface area contributed by atoms with Gasteiger partial charge >= 0.3 is 0 Å². The number of amides is 1. The molecule has 0 spiro atoms. The maximum atomic E-state index is 11.5. The van der Waals surface area contributed by atoms with Crippen LogP contribution in [0.3, 0.4) is 0 Å². The highest BCUT2D eigenvalue weighted by atomic mass is 127. The van der Waals surface area contributed by atoms with Crippen molar-refractivity contribution in [3.05, 3.63) is 29.8 Å². The van der Waals surface area contributed by atoms with Crippen LogP contribution in [0.15, 0.2) is 29.3 Å². The number of carbonyl (C=O) groups excluding carboxylic acids is 1. The third kappa shape index (κ3) is 9.84. The van der Waals surface area contributed by atoms with Crippen molar-refractivity contribution in [2.24, 2.45) is 4.99 Å². The van der Waals surface area contributed by atoms with Crippen LogP contribution < -0.4 is 15.4 Å². The lowest BCUT2D eigenvalue weighted by atomic mass is 10.2. The van der Waals surface area contributed by atoms with Gasteiger partial charge in [-0.25, -0.2) is 4.99 Å². The first-order valence-electron chi connectivity index (χ1n) is 9.08. The van der Waals surface area contributed by atoms with Gasteiger partial charge < -0.3 is 20.3 Å². The van der Waals surface area contributed by atoms with E-state index >= 15 is 0 Å². The van der Waals surface area contributed by atoms with Crippen LogP contribution in [0.25, 0.3) is 0 Å². The van der Waals surface area contributed by atoms with Crippen molar-refractivity contribution in [2.45, 2.75) is 40.2 Å². The van der Waals surface area contributed by atoms with E-state index in [1.807, 2.05) is 31.2 Å². The SMILES string of the molecule is CCCCN(C)C(=NCc1cccc(OCC(=O)NCC)c1)NCC.I. The van der Waals surface area contributed by atoms with E-state index in [0.717, 1.165) is 37.5 Å². The van der Waals surface area contributed by atoms with Gasteiger partial charge in [-0.3, -0.25) is 4.79 Å². The minimum Gasteiger partial charge on any atom is -0.484 e. The molecule has 6 nitrogen and oxygen atoms in total. The summed E-state index contributed by atoms with van der Waals surface area (Å²) in [6.07, 6.45) is 2.30. The second kappa shape index (κ2) is 14.6. The van der Waals surface area contributed by atoms with Crippen molar-refractivity contribution in [3.8, 4) is 5.75 Å². The minimum absolute atomic E-state index is 0. The van der Waals surface area contributed by atoms with E-state index in [1.165, 1.54) is 0 Å². The molecule has 148 valence electrons. The average molecular weight is 476 g/mol. The number of nitrogens with zero attached hydrogens (tertiary/aromatic N) is 2. The summed E-state index contributed by atoms with van der Waals surface area (Å²) in [6.45, 7) is 9.16. The Labute approximate surface area is 174 Å². The number of nitrogens with one attached hydrogen (secondary N) is 2. The molecule has 0 unspecified atom stereocenters. The van der Waals surface area contributed by atoms with Gasteiger partial charge in [-0.1, -0.05) is 25.5 Å². The fraction of sp³-hybridized carbons (Fsp3) is 0.579. The monoisotopic (exact) mass is 476 g/mol. The fourth-order valence-corrected chi connectivity index (χ4v) is 2.27. The van der Waals surface area contributed by atoms with Crippen LogP contribution in [0, 0.1) is 0 Å². The summed E-state index contributed by atoms with van der Waals surface area (Å²) >= 11 is 0. The van der Waals surface area contributed by atoms with Crippen LogP contribution in [-0.2, 0) is 11.3 Å². The number of likely N-dealkylation sites (N-methyl/N-ethyl adjacent to an activating group) is 1. The van der Waals surface area contributed by atoms with E-state index in [4.69, 9.17) is 9.73 Å². The molecular formula is C19H33IN4O2. The zero-order valence-electron chi connectivity index (χ0n) is 16.4. The predicted molar refractivity (Wildman–Crippen MR) is 118 cm³/mol. The van der Waals surface area contributed by atoms with Gasteiger partial charge in [-0.05, 0) is 38.0 Å². The fourth-order valence-electron chi connectivity index (χ4n) is 2.27. The van der Waals surface area contributed by atoms with E-state index in [1.54, 1.807) is 0 Å². The molecule has 1 amide bonds. The number of hydrogen-bond acceptors (Lipinski definition) is 3. The second-order valence-corrected chi connectivity index (χ2v) is 5.83. The first-order valence-corrected chi connectivity index (χ1v) is 9.08. The summed E-state index contributed by atoms with van der Waals surface area (Å²) in [4.78, 5) is 18.3. The van der Waals surface area contributed by atoms with Crippen molar-refractivity contribution in [3.63, 3.8) is 0 Å². The van der Waals surface area contributed by atoms with Crippen LogP contribution in [0.4, 0.5) is 0 Å². The van der Waals surface area contributed by atoms with Crippen molar-refractivity contribution >= 4 is 35.8 Å². The topological polar surface area (TPSA) is 66.0 Å². The molecule has 26 heavy (non-hydrogen) atoms. The first-order chi connectivity index (χ1) is 12.1. The number of carbonyl (C=O) groups is 1. The quantitative estimate of drug-likeness (QED) is 0.310. The molecule has 2 N–H and O–H groups in total.